The van der Waals surface area contributed by atoms with Crippen molar-refractivity contribution in [1.29, 1.82) is 0 Å². The molecule has 0 unspecified atom stereocenters. The highest BCUT2D eigenvalue weighted by Crippen LogP contribution is 2.29. The normalized spacial score (nSPS) is 10.8. The number of aromatic nitrogens is 3. The number of rotatable bonds is 5. The Labute approximate surface area is 202 Å². The van der Waals surface area contributed by atoms with Crippen molar-refractivity contribution < 1.29 is 0 Å². The van der Waals surface area contributed by atoms with Crippen LogP contribution in [0.4, 0.5) is 0 Å². The minimum absolute atomic E-state index is 0.666. The van der Waals surface area contributed by atoms with E-state index in [1.165, 1.54) is 16.7 Å². The molecule has 1 aromatic heterocycles. The summed E-state index contributed by atoms with van der Waals surface area (Å²) in [6.45, 7) is 2.17. The first-order valence-corrected chi connectivity index (χ1v) is 11.8. The third-order valence-electron chi connectivity index (χ3n) is 5.60. The molecule has 0 aliphatic carbocycles. The molecular weight excluding hydrogens is 470 g/mol. The second-order valence-corrected chi connectivity index (χ2v) is 8.63. The zero-order chi connectivity index (χ0) is 22.6. The Balaban J connectivity index is 1.57. The average Bonchev–Trinajstić information content (AvgIpc) is 2.90. The van der Waals surface area contributed by atoms with Gasteiger partial charge in [0.2, 0.25) is 0 Å². The molecule has 0 spiro atoms. The molecule has 0 atom stereocenters. The summed E-state index contributed by atoms with van der Waals surface area (Å²) < 4.78 is 1.15. The van der Waals surface area contributed by atoms with Gasteiger partial charge < -0.3 is 0 Å². The van der Waals surface area contributed by atoms with Crippen molar-refractivity contribution in [2.24, 2.45) is 0 Å². The minimum atomic E-state index is 0.666. The molecule has 0 N–H and O–H groups in total. The van der Waals surface area contributed by atoms with E-state index < -0.39 is 0 Å². The summed E-state index contributed by atoms with van der Waals surface area (Å²) in [4.78, 5) is 14.4. The fourth-order valence-corrected chi connectivity index (χ4v) is 4.30. The summed E-state index contributed by atoms with van der Waals surface area (Å²) in [5.41, 5.74) is 6.57. The number of nitrogens with zero attached hydrogens (tertiary/aromatic N) is 3. The van der Waals surface area contributed by atoms with E-state index in [0.717, 1.165) is 27.6 Å². The smallest absolute Gasteiger partial charge is 0.164 e. The lowest BCUT2D eigenvalue weighted by atomic mass is 10.0. The van der Waals surface area contributed by atoms with Crippen LogP contribution in [0.25, 0.3) is 45.3 Å². The average molecular weight is 492 g/mol. The molecule has 1 heterocycles. The second-order valence-electron chi connectivity index (χ2n) is 7.78. The monoisotopic (exact) mass is 491 g/mol. The lowest BCUT2D eigenvalue weighted by Crippen LogP contribution is -2.00. The van der Waals surface area contributed by atoms with Gasteiger partial charge in [0, 0.05) is 21.2 Å². The molecule has 0 saturated carbocycles. The number of hydrogen-bond acceptors (Lipinski definition) is 3. The lowest BCUT2D eigenvalue weighted by Gasteiger charge is -2.10. The third kappa shape index (κ3) is 4.62. The van der Waals surface area contributed by atoms with E-state index in [-0.39, 0.29) is 0 Å². The standard InChI is InChI=1S/C29H22BrN3/c1-2-20-19-25(17-18-26(20)30)21-13-15-24(16-14-21)29-32-27(22-9-5-3-6-10-22)31-28(33-29)23-11-7-4-8-12-23/h3-19H,2H2,1H3. The van der Waals surface area contributed by atoms with Gasteiger partial charge >= 0.3 is 0 Å². The summed E-state index contributed by atoms with van der Waals surface area (Å²) in [5, 5.41) is 0. The Kier molecular flexibility index (Phi) is 6.09. The Bertz CT molecular complexity index is 1320. The summed E-state index contributed by atoms with van der Waals surface area (Å²) in [7, 11) is 0. The largest absolute Gasteiger partial charge is 0.208 e. The molecule has 3 nitrogen and oxygen atoms in total. The maximum atomic E-state index is 4.81. The van der Waals surface area contributed by atoms with Crippen molar-refractivity contribution in [3.63, 3.8) is 0 Å². The van der Waals surface area contributed by atoms with Gasteiger partial charge in [-0.15, -0.1) is 0 Å². The summed E-state index contributed by atoms with van der Waals surface area (Å²) in [6.07, 6.45) is 0.988. The topological polar surface area (TPSA) is 38.7 Å². The van der Waals surface area contributed by atoms with Gasteiger partial charge in [-0.3, -0.25) is 0 Å². The van der Waals surface area contributed by atoms with Gasteiger partial charge in [0.05, 0.1) is 0 Å². The molecule has 0 amide bonds. The van der Waals surface area contributed by atoms with Crippen LogP contribution in [-0.2, 0) is 6.42 Å². The van der Waals surface area contributed by atoms with Crippen molar-refractivity contribution in [3.05, 3.63) is 113 Å². The van der Waals surface area contributed by atoms with Crippen molar-refractivity contribution in [3.8, 4) is 45.3 Å². The van der Waals surface area contributed by atoms with E-state index >= 15 is 0 Å². The summed E-state index contributed by atoms with van der Waals surface area (Å²) >= 11 is 3.63. The van der Waals surface area contributed by atoms with Crippen LogP contribution in [0.3, 0.4) is 0 Å². The molecule has 0 fully saturated rings. The molecule has 33 heavy (non-hydrogen) atoms. The Morgan fingerprint density at radius 1 is 0.515 bits per heavy atom. The second kappa shape index (κ2) is 9.47. The van der Waals surface area contributed by atoms with E-state index in [1.807, 2.05) is 60.7 Å². The van der Waals surface area contributed by atoms with E-state index in [1.54, 1.807) is 0 Å². The van der Waals surface area contributed by atoms with Crippen LogP contribution in [0.2, 0.25) is 0 Å². The maximum Gasteiger partial charge on any atom is 0.164 e. The van der Waals surface area contributed by atoms with E-state index in [2.05, 4.69) is 65.3 Å². The van der Waals surface area contributed by atoms with Gasteiger partial charge in [0.25, 0.3) is 0 Å². The number of halogens is 1. The Morgan fingerprint density at radius 3 is 1.42 bits per heavy atom. The Morgan fingerprint density at radius 2 is 0.939 bits per heavy atom. The molecule has 4 heteroatoms. The first-order chi connectivity index (χ1) is 16.2. The predicted octanol–water partition coefficient (Wildman–Crippen LogP) is 7.86. The number of hydrogen-bond donors (Lipinski definition) is 0. The lowest BCUT2D eigenvalue weighted by molar-refractivity contribution is 1.07. The Hall–Kier alpha value is -3.63. The van der Waals surface area contributed by atoms with E-state index in [4.69, 9.17) is 15.0 Å². The quantitative estimate of drug-likeness (QED) is 0.251. The maximum absolute atomic E-state index is 4.81. The van der Waals surface area contributed by atoms with Crippen molar-refractivity contribution in [2.45, 2.75) is 13.3 Å². The molecule has 0 aliphatic rings. The van der Waals surface area contributed by atoms with E-state index in [0.29, 0.717) is 17.5 Å². The molecule has 0 aliphatic heterocycles. The van der Waals surface area contributed by atoms with Crippen molar-refractivity contribution >= 4 is 15.9 Å². The third-order valence-corrected chi connectivity index (χ3v) is 6.38. The first kappa shape index (κ1) is 21.2. The molecule has 5 aromatic rings. The molecule has 0 saturated heterocycles. The van der Waals surface area contributed by atoms with Crippen LogP contribution in [-0.4, -0.2) is 15.0 Å². The summed E-state index contributed by atoms with van der Waals surface area (Å²) in [5.74, 6) is 2.01. The summed E-state index contributed by atoms with van der Waals surface area (Å²) in [6, 6.07) is 35.0. The van der Waals surface area contributed by atoms with Crippen molar-refractivity contribution in [2.75, 3.05) is 0 Å². The molecular formula is C29H22BrN3. The zero-order valence-electron chi connectivity index (χ0n) is 18.2. The van der Waals surface area contributed by atoms with Gasteiger partial charge in [-0.1, -0.05) is 120 Å². The highest BCUT2D eigenvalue weighted by Gasteiger charge is 2.12. The predicted molar refractivity (Wildman–Crippen MR) is 139 cm³/mol. The highest BCUT2D eigenvalue weighted by molar-refractivity contribution is 9.10. The van der Waals surface area contributed by atoms with Crippen LogP contribution in [0.15, 0.2) is 108 Å². The van der Waals surface area contributed by atoms with Crippen molar-refractivity contribution in [1.82, 2.24) is 15.0 Å². The highest BCUT2D eigenvalue weighted by atomic mass is 79.9. The van der Waals surface area contributed by atoms with Crippen LogP contribution >= 0.6 is 15.9 Å². The van der Waals surface area contributed by atoms with Gasteiger partial charge in [-0.05, 0) is 29.2 Å². The molecule has 0 bridgehead atoms. The first-order valence-electron chi connectivity index (χ1n) is 11.0. The molecule has 160 valence electrons. The van der Waals surface area contributed by atoms with E-state index in [9.17, 15) is 0 Å². The van der Waals surface area contributed by atoms with Crippen LogP contribution in [0, 0.1) is 0 Å². The minimum Gasteiger partial charge on any atom is -0.208 e. The van der Waals surface area contributed by atoms with Gasteiger partial charge in [0.1, 0.15) is 0 Å². The fourth-order valence-electron chi connectivity index (χ4n) is 3.77. The zero-order valence-corrected chi connectivity index (χ0v) is 19.8. The van der Waals surface area contributed by atoms with Crippen LogP contribution in [0.1, 0.15) is 12.5 Å². The molecule has 0 radical (unpaired) electrons. The van der Waals surface area contributed by atoms with Crippen LogP contribution < -0.4 is 0 Å². The van der Waals surface area contributed by atoms with Gasteiger partial charge in [-0.25, -0.2) is 15.0 Å². The number of benzene rings is 4. The molecule has 5 rings (SSSR count). The fraction of sp³-hybridized carbons (Fsp3) is 0.0690. The van der Waals surface area contributed by atoms with Gasteiger partial charge in [0.15, 0.2) is 17.5 Å². The molecule has 4 aromatic carbocycles. The van der Waals surface area contributed by atoms with Gasteiger partial charge in [-0.2, -0.15) is 0 Å². The number of aryl methyl sites for hydroxylation is 1. The SMILES string of the molecule is CCc1cc(-c2ccc(-c3nc(-c4ccccc4)nc(-c4ccccc4)n3)cc2)ccc1Br. The van der Waals surface area contributed by atoms with Crippen LogP contribution in [0.5, 0.6) is 0 Å².